The molecule has 1 aromatic carbocycles. The van der Waals surface area contributed by atoms with E-state index in [1.165, 1.54) is 0 Å². The molecule has 1 aliphatic heterocycles. The quantitative estimate of drug-likeness (QED) is 0.741. The molecule has 1 heterocycles. The van der Waals surface area contributed by atoms with Gasteiger partial charge in [0.1, 0.15) is 6.23 Å². The van der Waals surface area contributed by atoms with Gasteiger partial charge in [-0.2, -0.15) is 0 Å². The van der Waals surface area contributed by atoms with Gasteiger partial charge < -0.3 is 25.2 Å². The number of benzene rings is 1. The van der Waals surface area contributed by atoms with E-state index in [-0.39, 0.29) is 18.4 Å². The Bertz CT molecular complexity index is 487. The van der Waals surface area contributed by atoms with Gasteiger partial charge in [-0.15, -0.1) is 0 Å². The molecule has 1 unspecified atom stereocenters. The number of anilines is 2. The monoisotopic (exact) mass is 294 g/mol. The maximum absolute atomic E-state index is 11.3. The van der Waals surface area contributed by atoms with Crippen LogP contribution >= 0.6 is 0 Å². The summed E-state index contributed by atoms with van der Waals surface area (Å²) in [5, 5.41) is 21.5. The third kappa shape index (κ3) is 4.09. The summed E-state index contributed by atoms with van der Waals surface area (Å²) in [6.07, 6.45) is 2.85. The molecule has 1 aromatic rings. The van der Waals surface area contributed by atoms with Crippen LogP contribution in [-0.2, 0) is 4.74 Å². The number of hydrogen-bond donors (Lipinski definition) is 3. The largest absolute Gasteiger partial charge is 0.478 e. The molecule has 3 N–H and O–H groups in total. The van der Waals surface area contributed by atoms with Gasteiger partial charge in [-0.05, 0) is 37.5 Å². The zero-order valence-corrected chi connectivity index (χ0v) is 12.2. The summed E-state index contributed by atoms with van der Waals surface area (Å²) in [4.78, 5) is 13.2. The van der Waals surface area contributed by atoms with E-state index in [0.29, 0.717) is 18.8 Å². The molecule has 0 spiro atoms. The smallest absolute Gasteiger partial charge is 0.337 e. The van der Waals surface area contributed by atoms with Crippen molar-refractivity contribution in [3.63, 3.8) is 0 Å². The second-order valence-corrected chi connectivity index (χ2v) is 5.18. The van der Waals surface area contributed by atoms with E-state index >= 15 is 0 Å². The van der Waals surface area contributed by atoms with Gasteiger partial charge in [-0.3, -0.25) is 0 Å². The lowest BCUT2D eigenvalue weighted by Crippen LogP contribution is -2.28. The number of aliphatic hydroxyl groups is 1. The van der Waals surface area contributed by atoms with Crippen LogP contribution in [0, 0.1) is 0 Å². The molecule has 1 aliphatic rings. The van der Waals surface area contributed by atoms with Crippen LogP contribution in [0.3, 0.4) is 0 Å². The van der Waals surface area contributed by atoms with Crippen LogP contribution in [-0.4, -0.2) is 49.2 Å². The van der Waals surface area contributed by atoms with Crippen molar-refractivity contribution in [2.24, 2.45) is 0 Å². The number of aromatic carboxylic acids is 1. The van der Waals surface area contributed by atoms with Crippen LogP contribution in [0.1, 0.15) is 29.6 Å². The summed E-state index contributed by atoms with van der Waals surface area (Å²) >= 11 is 0. The Morgan fingerprint density at radius 2 is 2.29 bits per heavy atom. The number of rotatable bonds is 6. The standard InChI is InChI=1S/C15H22N2O4/c1-17(7-8-18)11-5-6-12(15(19)20)13(10-11)16-14-4-2-3-9-21-14/h5-6,10,14,16,18H,2-4,7-9H2,1H3,(H,19,20). The minimum atomic E-state index is -0.968. The fourth-order valence-electron chi connectivity index (χ4n) is 2.38. The Hall–Kier alpha value is -1.79. The summed E-state index contributed by atoms with van der Waals surface area (Å²) in [6.45, 7) is 1.24. The summed E-state index contributed by atoms with van der Waals surface area (Å²) in [5.41, 5.74) is 1.63. The van der Waals surface area contributed by atoms with Crippen LogP contribution < -0.4 is 10.2 Å². The predicted octanol–water partition coefficient (Wildman–Crippen LogP) is 1.75. The molecule has 116 valence electrons. The average molecular weight is 294 g/mol. The van der Waals surface area contributed by atoms with Gasteiger partial charge in [0.15, 0.2) is 0 Å². The number of hydrogen-bond acceptors (Lipinski definition) is 5. The van der Waals surface area contributed by atoms with Crippen molar-refractivity contribution >= 4 is 17.3 Å². The van der Waals surface area contributed by atoms with Crippen LogP contribution in [0.4, 0.5) is 11.4 Å². The first kappa shape index (κ1) is 15.6. The first-order valence-electron chi connectivity index (χ1n) is 7.19. The van der Waals surface area contributed by atoms with Gasteiger partial charge in [0.2, 0.25) is 0 Å². The normalized spacial score (nSPS) is 18.3. The topological polar surface area (TPSA) is 82.0 Å². The molecule has 0 aliphatic carbocycles. The Morgan fingerprint density at radius 1 is 1.48 bits per heavy atom. The molecule has 1 saturated heterocycles. The third-order valence-corrected chi connectivity index (χ3v) is 3.61. The highest BCUT2D eigenvalue weighted by Gasteiger charge is 2.18. The summed E-state index contributed by atoms with van der Waals surface area (Å²) < 4.78 is 5.61. The molecule has 6 nitrogen and oxygen atoms in total. The van der Waals surface area contributed by atoms with Gasteiger partial charge in [-0.1, -0.05) is 0 Å². The lowest BCUT2D eigenvalue weighted by atomic mass is 10.1. The maximum Gasteiger partial charge on any atom is 0.337 e. The number of aliphatic hydroxyl groups excluding tert-OH is 1. The molecule has 6 heteroatoms. The number of ether oxygens (including phenoxy) is 1. The maximum atomic E-state index is 11.3. The van der Waals surface area contributed by atoms with Crippen LogP contribution in [0.2, 0.25) is 0 Å². The average Bonchev–Trinajstić information content (AvgIpc) is 2.48. The minimum absolute atomic E-state index is 0.0473. The number of nitrogens with one attached hydrogen (secondary N) is 1. The Labute approximate surface area is 124 Å². The number of likely N-dealkylation sites (N-methyl/N-ethyl adjacent to an activating group) is 1. The SMILES string of the molecule is CN(CCO)c1ccc(C(=O)O)c(NC2CCCCO2)c1. The van der Waals surface area contributed by atoms with Crippen molar-refractivity contribution in [2.75, 3.05) is 37.0 Å². The summed E-state index contributed by atoms with van der Waals surface area (Å²) in [7, 11) is 1.85. The second-order valence-electron chi connectivity index (χ2n) is 5.18. The van der Waals surface area contributed by atoms with Crippen molar-refractivity contribution in [3.05, 3.63) is 23.8 Å². The molecule has 1 fully saturated rings. The van der Waals surface area contributed by atoms with Crippen LogP contribution in [0.15, 0.2) is 18.2 Å². The number of carbonyl (C=O) groups is 1. The molecule has 1 atom stereocenters. The van der Waals surface area contributed by atoms with Gasteiger partial charge in [0.25, 0.3) is 0 Å². The van der Waals surface area contributed by atoms with Crippen molar-refractivity contribution in [1.82, 2.24) is 0 Å². The van der Waals surface area contributed by atoms with E-state index in [9.17, 15) is 9.90 Å². The first-order valence-corrected chi connectivity index (χ1v) is 7.19. The van der Waals surface area contributed by atoms with E-state index in [1.54, 1.807) is 18.2 Å². The number of carboxylic acids is 1. The molecule has 0 aromatic heterocycles. The highest BCUT2D eigenvalue weighted by Crippen LogP contribution is 2.26. The van der Waals surface area contributed by atoms with Crippen molar-refractivity contribution < 1.29 is 19.7 Å². The predicted molar refractivity (Wildman–Crippen MR) is 81.0 cm³/mol. The zero-order chi connectivity index (χ0) is 15.2. The Kier molecular flexibility index (Phi) is 5.41. The lowest BCUT2D eigenvalue weighted by Gasteiger charge is -2.26. The molecule has 2 rings (SSSR count). The molecule has 0 amide bonds. The van der Waals surface area contributed by atoms with E-state index in [0.717, 1.165) is 24.9 Å². The van der Waals surface area contributed by atoms with Crippen molar-refractivity contribution in [1.29, 1.82) is 0 Å². The summed E-state index contributed by atoms with van der Waals surface area (Å²) in [6, 6.07) is 5.11. The zero-order valence-electron chi connectivity index (χ0n) is 12.2. The third-order valence-electron chi connectivity index (χ3n) is 3.61. The van der Waals surface area contributed by atoms with E-state index < -0.39 is 5.97 Å². The highest BCUT2D eigenvalue weighted by atomic mass is 16.5. The Morgan fingerprint density at radius 3 is 2.90 bits per heavy atom. The molecule has 0 bridgehead atoms. The molecule has 0 radical (unpaired) electrons. The van der Waals surface area contributed by atoms with E-state index in [4.69, 9.17) is 9.84 Å². The number of carboxylic acid groups (broad SMARTS) is 1. The van der Waals surface area contributed by atoms with Gasteiger partial charge in [0.05, 0.1) is 17.9 Å². The molecular formula is C15H22N2O4. The molecule has 0 saturated carbocycles. The first-order chi connectivity index (χ1) is 10.1. The van der Waals surface area contributed by atoms with E-state index in [1.807, 2.05) is 11.9 Å². The lowest BCUT2D eigenvalue weighted by molar-refractivity contribution is 0.0342. The fraction of sp³-hybridized carbons (Fsp3) is 0.533. The van der Waals surface area contributed by atoms with Crippen molar-refractivity contribution in [3.8, 4) is 0 Å². The number of nitrogens with zero attached hydrogens (tertiary/aromatic N) is 1. The van der Waals surface area contributed by atoms with Gasteiger partial charge >= 0.3 is 5.97 Å². The van der Waals surface area contributed by atoms with Gasteiger partial charge in [0, 0.05) is 25.9 Å². The van der Waals surface area contributed by atoms with E-state index in [2.05, 4.69) is 5.32 Å². The summed E-state index contributed by atoms with van der Waals surface area (Å²) in [5.74, 6) is -0.968. The highest BCUT2D eigenvalue weighted by molar-refractivity contribution is 5.95. The fourth-order valence-corrected chi connectivity index (χ4v) is 2.38. The molecular weight excluding hydrogens is 272 g/mol. The second kappa shape index (κ2) is 7.28. The Balaban J connectivity index is 2.21. The van der Waals surface area contributed by atoms with Crippen LogP contribution in [0.25, 0.3) is 0 Å². The minimum Gasteiger partial charge on any atom is -0.478 e. The molecule has 21 heavy (non-hydrogen) atoms. The van der Waals surface area contributed by atoms with Gasteiger partial charge in [-0.25, -0.2) is 4.79 Å². The van der Waals surface area contributed by atoms with Crippen LogP contribution in [0.5, 0.6) is 0 Å². The van der Waals surface area contributed by atoms with Crippen molar-refractivity contribution in [2.45, 2.75) is 25.5 Å².